The van der Waals surface area contributed by atoms with E-state index in [9.17, 15) is 22.8 Å². The van der Waals surface area contributed by atoms with Crippen LogP contribution >= 0.6 is 0 Å². The Labute approximate surface area is 227 Å². The number of piperidine rings is 1. The Morgan fingerprint density at radius 1 is 1.12 bits per heavy atom. The highest BCUT2D eigenvalue weighted by molar-refractivity contribution is 6.03. The van der Waals surface area contributed by atoms with E-state index in [1.165, 1.54) is 12.1 Å². The van der Waals surface area contributed by atoms with Gasteiger partial charge in [0.1, 0.15) is 22.7 Å². The maximum atomic E-state index is 12.9. The zero-order valence-corrected chi connectivity index (χ0v) is 21.5. The van der Waals surface area contributed by atoms with Crippen molar-refractivity contribution in [2.24, 2.45) is 0 Å². The van der Waals surface area contributed by atoms with Gasteiger partial charge in [0.25, 0.3) is 5.91 Å². The van der Waals surface area contributed by atoms with Crippen molar-refractivity contribution >= 4 is 34.5 Å². The number of aromatic amines is 1. The summed E-state index contributed by atoms with van der Waals surface area (Å²) >= 11 is 0. The maximum Gasteiger partial charge on any atom is 0.416 e. The van der Waals surface area contributed by atoms with Crippen LogP contribution in [0.4, 0.5) is 24.8 Å². The number of carbonyl (C=O) groups excluding carboxylic acids is 2. The first kappa shape index (κ1) is 26.9. The predicted molar refractivity (Wildman–Crippen MR) is 141 cm³/mol. The lowest BCUT2D eigenvalue weighted by Gasteiger charge is -2.33. The average molecular weight is 554 g/mol. The van der Waals surface area contributed by atoms with Gasteiger partial charge in [0, 0.05) is 49.6 Å². The summed E-state index contributed by atoms with van der Waals surface area (Å²) in [6.45, 7) is 3.17. The fourth-order valence-electron chi connectivity index (χ4n) is 4.52. The van der Waals surface area contributed by atoms with E-state index in [-0.39, 0.29) is 23.3 Å². The lowest BCUT2D eigenvalue weighted by molar-refractivity contribution is -0.137. The molecule has 1 fully saturated rings. The van der Waals surface area contributed by atoms with Crippen LogP contribution in [0.15, 0.2) is 54.9 Å². The molecule has 1 saturated heterocycles. The first-order chi connectivity index (χ1) is 19.2. The van der Waals surface area contributed by atoms with Crippen LogP contribution in [0.3, 0.4) is 0 Å². The summed E-state index contributed by atoms with van der Waals surface area (Å²) in [6, 6.07) is 9.44. The zero-order valence-electron chi connectivity index (χ0n) is 21.5. The SMILES string of the molecule is CCC(=O)N1CCC[C@@H](Nc2n[nH]c3nccc(Oc4ccc(C(=O)Nc5cc(C(F)(F)F)ccn5)cc4)c23)C1. The van der Waals surface area contributed by atoms with E-state index in [0.29, 0.717) is 41.3 Å². The molecular formula is C27H26F3N7O3. The Hall–Kier alpha value is -4.68. The Morgan fingerprint density at radius 2 is 1.90 bits per heavy atom. The number of alkyl halides is 3. The molecule has 0 aliphatic carbocycles. The van der Waals surface area contributed by atoms with Gasteiger partial charge < -0.3 is 20.3 Å². The van der Waals surface area contributed by atoms with E-state index >= 15 is 0 Å². The number of carbonyl (C=O) groups is 2. The van der Waals surface area contributed by atoms with Gasteiger partial charge in [0.05, 0.1) is 5.56 Å². The minimum atomic E-state index is -4.55. The number of anilines is 2. The molecule has 0 unspecified atom stereocenters. The number of likely N-dealkylation sites (tertiary alicyclic amines) is 1. The number of pyridine rings is 2. The molecule has 40 heavy (non-hydrogen) atoms. The molecule has 4 aromatic rings. The molecule has 1 aromatic carbocycles. The van der Waals surface area contributed by atoms with Crippen LogP contribution in [0.5, 0.6) is 11.5 Å². The van der Waals surface area contributed by atoms with Crippen molar-refractivity contribution in [3.05, 3.63) is 66.0 Å². The lowest BCUT2D eigenvalue weighted by atomic mass is 10.1. The number of nitrogens with zero attached hydrogens (tertiary/aromatic N) is 4. The van der Waals surface area contributed by atoms with Gasteiger partial charge in [-0.3, -0.25) is 14.7 Å². The predicted octanol–water partition coefficient (Wildman–Crippen LogP) is 5.23. The van der Waals surface area contributed by atoms with Crippen LogP contribution in [0, 0.1) is 0 Å². The summed E-state index contributed by atoms with van der Waals surface area (Å²) < 4.78 is 44.9. The number of hydrogen-bond donors (Lipinski definition) is 3. The molecule has 1 atom stereocenters. The molecule has 0 bridgehead atoms. The number of benzene rings is 1. The molecular weight excluding hydrogens is 527 g/mol. The van der Waals surface area contributed by atoms with Gasteiger partial charge in [-0.25, -0.2) is 9.97 Å². The van der Waals surface area contributed by atoms with Gasteiger partial charge in [-0.1, -0.05) is 6.92 Å². The number of aromatic nitrogens is 4. The Morgan fingerprint density at radius 3 is 2.65 bits per heavy atom. The van der Waals surface area contributed by atoms with E-state index in [2.05, 4.69) is 30.8 Å². The van der Waals surface area contributed by atoms with Gasteiger partial charge in [-0.05, 0) is 49.2 Å². The third kappa shape index (κ3) is 5.98. The molecule has 0 spiro atoms. The normalized spacial score (nSPS) is 15.6. The van der Waals surface area contributed by atoms with Gasteiger partial charge in [-0.2, -0.15) is 18.3 Å². The molecule has 5 rings (SSSR count). The molecule has 4 heterocycles. The number of ether oxygens (including phenoxy) is 1. The fraction of sp³-hybridized carbons (Fsp3) is 0.296. The summed E-state index contributed by atoms with van der Waals surface area (Å²) in [4.78, 5) is 34.7. The highest BCUT2D eigenvalue weighted by Gasteiger charge is 2.31. The maximum absolute atomic E-state index is 12.9. The Balaban J connectivity index is 1.29. The van der Waals surface area contributed by atoms with Crippen LogP contribution < -0.4 is 15.4 Å². The van der Waals surface area contributed by atoms with E-state index in [4.69, 9.17) is 4.74 Å². The van der Waals surface area contributed by atoms with Crippen molar-refractivity contribution in [2.75, 3.05) is 23.7 Å². The van der Waals surface area contributed by atoms with Crippen molar-refractivity contribution in [1.82, 2.24) is 25.1 Å². The van der Waals surface area contributed by atoms with Crippen LogP contribution in [0.25, 0.3) is 11.0 Å². The van der Waals surface area contributed by atoms with E-state index in [1.807, 2.05) is 11.8 Å². The summed E-state index contributed by atoms with van der Waals surface area (Å²) in [5.74, 6) is 0.744. The number of halogens is 3. The summed E-state index contributed by atoms with van der Waals surface area (Å²) in [5, 5.41) is 13.7. The number of nitrogens with one attached hydrogen (secondary N) is 3. The lowest BCUT2D eigenvalue weighted by Crippen LogP contribution is -2.44. The van der Waals surface area contributed by atoms with Crippen molar-refractivity contribution in [3.8, 4) is 11.5 Å². The standard InChI is InChI=1S/C27H26F3N7O3/c1-2-22(38)37-13-3-4-18(15-37)33-25-23-20(10-12-32-24(23)35-36-25)40-19-7-5-16(6-8-19)26(39)34-21-14-17(9-11-31-21)27(28,29)30/h5-12,14,18H,2-4,13,15H2,1H3,(H,31,34,39)(H2,32,33,35,36)/t18-/m1/s1. The van der Waals surface area contributed by atoms with Gasteiger partial charge in [0.15, 0.2) is 11.5 Å². The quantitative estimate of drug-likeness (QED) is 0.286. The highest BCUT2D eigenvalue weighted by atomic mass is 19.4. The van der Waals surface area contributed by atoms with Crippen LogP contribution in [-0.2, 0) is 11.0 Å². The van der Waals surface area contributed by atoms with Crippen molar-refractivity contribution in [3.63, 3.8) is 0 Å². The summed E-state index contributed by atoms with van der Waals surface area (Å²) in [6.07, 6.45) is 0.247. The largest absolute Gasteiger partial charge is 0.456 e. The third-order valence-corrected chi connectivity index (χ3v) is 6.51. The highest BCUT2D eigenvalue weighted by Crippen LogP contribution is 2.34. The first-order valence-corrected chi connectivity index (χ1v) is 12.7. The van der Waals surface area contributed by atoms with Crippen LogP contribution in [-0.4, -0.2) is 56.0 Å². The zero-order chi connectivity index (χ0) is 28.3. The Bertz CT molecular complexity index is 1520. The molecule has 208 valence electrons. The molecule has 13 heteroatoms. The summed E-state index contributed by atoms with van der Waals surface area (Å²) in [5.41, 5.74) is -0.184. The van der Waals surface area contributed by atoms with E-state index in [0.717, 1.165) is 37.7 Å². The molecule has 1 aliphatic heterocycles. The topological polar surface area (TPSA) is 125 Å². The number of rotatable bonds is 7. The number of H-pyrrole nitrogens is 1. The monoisotopic (exact) mass is 553 g/mol. The molecule has 10 nitrogen and oxygen atoms in total. The second kappa shape index (κ2) is 11.2. The van der Waals surface area contributed by atoms with Crippen molar-refractivity contribution in [1.29, 1.82) is 0 Å². The number of hydrogen-bond acceptors (Lipinski definition) is 7. The minimum absolute atomic E-state index is 0.0212. The first-order valence-electron chi connectivity index (χ1n) is 12.7. The second-order valence-corrected chi connectivity index (χ2v) is 9.29. The summed E-state index contributed by atoms with van der Waals surface area (Å²) in [7, 11) is 0. The molecule has 0 saturated carbocycles. The van der Waals surface area contributed by atoms with Gasteiger partial charge in [0.2, 0.25) is 5.91 Å². The van der Waals surface area contributed by atoms with E-state index < -0.39 is 17.6 Å². The van der Waals surface area contributed by atoms with Crippen molar-refractivity contribution in [2.45, 2.75) is 38.4 Å². The Kier molecular flexibility index (Phi) is 7.54. The molecule has 1 aliphatic rings. The molecule has 3 aromatic heterocycles. The van der Waals surface area contributed by atoms with Gasteiger partial charge in [-0.15, -0.1) is 0 Å². The average Bonchev–Trinajstić information content (AvgIpc) is 3.36. The number of fused-ring (bicyclic) bond motifs is 1. The van der Waals surface area contributed by atoms with E-state index in [1.54, 1.807) is 24.4 Å². The third-order valence-electron chi connectivity index (χ3n) is 6.51. The van der Waals surface area contributed by atoms with Gasteiger partial charge >= 0.3 is 6.18 Å². The molecule has 2 amide bonds. The van der Waals surface area contributed by atoms with Crippen LogP contribution in [0.2, 0.25) is 0 Å². The second-order valence-electron chi connectivity index (χ2n) is 9.29. The van der Waals surface area contributed by atoms with Crippen LogP contribution in [0.1, 0.15) is 42.1 Å². The fourth-order valence-corrected chi connectivity index (χ4v) is 4.52. The minimum Gasteiger partial charge on any atom is -0.456 e. The molecule has 3 N–H and O–H groups in total. The smallest absolute Gasteiger partial charge is 0.416 e. The van der Waals surface area contributed by atoms with Crippen molar-refractivity contribution < 1.29 is 27.5 Å². The molecule has 0 radical (unpaired) electrons. The number of amides is 2.